The van der Waals surface area contributed by atoms with Crippen molar-refractivity contribution in [2.24, 2.45) is 23.5 Å². The van der Waals surface area contributed by atoms with Crippen LogP contribution in [-0.2, 0) is 6.54 Å². The number of hydrogen-bond donors (Lipinski definition) is 1. The minimum Gasteiger partial charge on any atom is -0.328 e. The first-order valence-corrected chi connectivity index (χ1v) is 12.6. The summed E-state index contributed by atoms with van der Waals surface area (Å²) in [6.07, 6.45) is 14.7. The zero-order valence-electron chi connectivity index (χ0n) is 19.4. The van der Waals surface area contributed by atoms with Gasteiger partial charge in [-0.15, -0.1) is 0 Å². The average molecular weight is 410 g/mol. The Kier molecular flexibility index (Phi) is 9.22. The second-order valence-corrected chi connectivity index (χ2v) is 10.1. The van der Waals surface area contributed by atoms with Gasteiger partial charge in [-0.05, 0) is 93.2 Å². The first kappa shape index (κ1) is 23.3. The van der Waals surface area contributed by atoms with E-state index in [1.165, 1.54) is 82.7 Å². The summed E-state index contributed by atoms with van der Waals surface area (Å²) in [6.45, 7) is 6.91. The quantitative estimate of drug-likeness (QED) is 0.523. The molecule has 2 aliphatic carbocycles. The van der Waals surface area contributed by atoms with Gasteiger partial charge in [-0.2, -0.15) is 5.26 Å². The number of hydrogen-bond acceptors (Lipinski definition) is 3. The first-order chi connectivity index (χ1) is 14.6. The molecule has 1 aromatic rings. The molecule has 2 fully saturated rings. The summed E-state index contributed by atoms with van der Waals surface area (Å²) >= 11 is 0. The first-order valence-electron chi connectivity index (χ1n) is 12.6. The Morgan fingerprint density at radius 2 is 1.50 bits per heavy atom. The van der Waals surface area contributed by atoms with Gasteiger partial charge in [0, 0.05) is 25.2 Å². The van der Waals surface area contributed by atoms with Gasteiger partial charge < -0.3 is 5.73 Å². The highest BCUT2D eigenvalue weighted by Gasteiger charge is 2.29. The molecule has 30 heavy (non-hydrogen) atoms. The Labute approximate surface area is 185 Å². The van der Waals surface area contributed by atoms with E-state index in [1.54, 1.807) is 0 Å². The van der Waals surface area contributed by atoms with Crippen LogP contribution in [0, 0.1) is 29.1 Å². The summed E-state index contributed by atoms with van der Waals surface area (Å²) < 4.78 is 0. The van der Waals surface area contributed by atoms with E-state index in [0.29, 0.717) is 6.04 Å². The van der Waals surface area contributed by atoms with E-state index in [0.717, 1.165) is 35.9 Å². The summed E-state index contributed by atoms with van der Waals surface area (Å²) in [7, 11) is 0. The lowest BCUT2D eigenvalue weighted by atomic mass is 9.75. The lowest BCUT2D eigenvalue weighted by molar-refractivity contribution is 0.0993. The van der Waals surface area contributed by atoms with E-state index in [4.69, 9.17) is 11.0 Å². The normalized spacial score (nSPS) is 27.3. The SMILES string of the molecule is CCC(CC)CN(Cc1ccc(C#N)cc1)C1CCC(CC2CCC(N)CC2)CC1. The molecule has 3 heteroatoms. The molecule has 0 amide bonds. The van der Waals surface area contributed by atoms with Gasteiger partial charge in [-0.3, -0.25) is 4.90 Å². The van der Waals surface area contributed by atoms with E-state index >= 15 is 0 Å². The van der Waals surface area contributed by atoms with E-state index in [2.05, 4.69) is 36.9 Å². The van der Waals surface area contributed by atoms with Crippen LogP contribution in [0.1, 0.15) is 95.6 Å². The highest BCUT2D eigenvalue weighted by Crippen LogP contribution is 2.37. The third kappa shape index (κ3) is 6.82. The highest BCUT2D eigenvalue weighted by molar-refractivity contribution is 5.31. The van der Waals surface area contributed by atoms with E-state index in [9.17, 15) is 0 Å². The van der Waals surface area contributed by atoms with Gasteiger partial charge in [0.15, 0.2) is 0 Å². The highest BCUT2D eigenvalue weighted by atomic mass is 15.2. The molecule has 0 aromatic heterocycles. The Morgan fingerprint density at radius 1 is 0.933 bits per heavy atom. The molecule has 0 radical (unpaired) electrons. The second kappa shape index (κ2) is 11.9. The lowest BCUT2D eigenvalue weighted by Gasteiger charge is -2.40. The molecule has 0 bridgehead atoms. The Morgan fingerprint density at radius 3 is 2.03 bits per heavy atom. The maximum atomic E-state index is 9.09. The topological polar surface area (TPSA) is 53.0 Å². The monoisotopic (exact) mass is 409 g/mol. The molecule has 0 atom stereocenters. The van der Waals surface area contributed by atoms with Crippen molar-refractivity contribution < 1.29 is 0 Å². The molecule has 0 unspecified atom stereocenters. The van der Waals surface area contributed by atoms with Gasteiger partial charge in [0.1, 0.15) is 0 Å². The molecule has 2 saturated carbocycles. The molecular formula is C27H43N3. The predicted molar refractivity (Wildman–Crippen MR) is 126 cm³/mol. The molecule has 2 aliphatic rings. The van der Waals surface area contributed by atoms with Crippen molar-refractivity contribution in [3.8, 4) is 6.07 Å². The number of nitrogens with zero attached hydrogens (tertiary/aromatic N) is 2. The van der Waals surface area contributed by atoms with Gasteiger partial charge in [-0.1, -0.05) is 38.8 Å². The van der Waals surface area contributed by atoms with Gasteiger partial charge in [0.05, 0.1) is 11.6 Å². The van der Waals surface area contributed by atoms with Gasteiger partial charge in [-0.25, -0.2) is 0 Å². The fourth-order valence-electron chi connectivity index (χ4n) is 5.78. The number of rotatable bonds is 9. The molecular weight excluding hydrogens is 366 g/mol. The molecule has 1 aromatic carbocycles. The molecule has 3 rings (SSSR count). The zero-order valence-corrected chi connectivity index (χ0v) is 19.4. The number of benzene rings is 1. The molecule has 0 saturated heterocycles. The maximum absolute atomic E-state index is 9.09. The number of nitrogens with two attached hydrogens (primary N) is 1. The van der Waals surface area contributed by atoms with Crippen molar-refractivity contribution in [2.75, 3.05) is 6.54 Å². The Hall–Kier alpha value is -1.37. The summed E-state index contributed by atoms with van der Waals surface area (Å²) in [5.74, 6) is 2.66. The average Bonchev–Trinajstić information content (AvgIpc) is 2.79. The standard InChI is InChI=1S/C27H43N3/c1-3-21(4-2)19-30(20-25-7-5-24(18-28)6-8-25)27-15-11-23(12-16-27)17-22-9-13-26(29)14-10-22/h5-8,21-23,26-27H,3-4,9-17,19-20,29H2,1-2H3. The van der Waals surface area contributed by atoms with Gasteiger partial charge in [0.25, 0.3) is 0 Å². The van der Waals surface area contributed by atoms with E-state index < -0.39 is 0 Å². The fraction of sp³-hybridized carbons (Fsp3) is 0.741. The van der Waals surface area contributed by atoms with Crippen LogP contribution < -0.4 is 5.73 Å². The Balaban J connectivity index is 1.56. The largest absolute Gasteiger partial charge is 0.328 e. The molecule has 3 nitrogen and oxygen atoms in total. The lowest BCUT2D eigenvalue weighted by Crippen LogP contribution is -2.40. The molecule has 0 aliphatic heterocycles. The third-order valence-corrected chi connectivity index (χ3v) is 8.01. The minimum absolute atomic E-state index is 0.470. The summed E-state index contributed by atoms with van der Waals surface area (Å²) in [5.41, 5.74) is 8.21. The van der Waals surface area contributed by atoms with Crippen LogP contribution in [0.3, 0.4) is 0 Å². The number of nitriles is 1. The van der Waals surface area contributed by atoms with E-state index in [1.807, 2.05) is 12.1 Å². The van der Waals surface area contributed by atoms with Crippen LogP contribution in [-0.4, -0.2) is 23.5 Å². The van der Waals surface area contributed by atoms with Crippen LogP contribution in [0.4, 0.5) is 0 Å². The maximum Gasteiger partial charge on any atom is 0.0991 e. The van der Waals surface area contributed by atoms with Crippen molar-refractivity contribution in [3.05, 3.63) is 35.4 Å². The van der Waals surface area contributed by atoms with Crippen molar-refractivity contribution in [2.45, 2.75) is 103 Å². The van der Waals surface area contributed by atoms with Gasteiger partial charge >= 0.3 is 0 Å². The summed E-state index contributed by atoms with van der Waals surface area (Å²) in [6, 6.07) is 11.7. The van der Waals surface area contributed by atoms with Crippen molar-refractivity contribution in [3.63, 3.8) is 0 Å². The fourth-order valence-corrected chi connectivity index (χ4v) is 5.78. The minimum atomic E-state index is 0.470. The van der Waals surface area contributed by atoms with Crippen molar-refractivity contribution in [1.82, 2.24) is 4.90 Å². The van der Waals surface area contributed by atoms with Crippen LogP contribution in [0.25, 0.3) is 0 Å². The third-order valence-electron chi connectivity index (χ3n) is 8.01. The molecule has 166 valence electrons. The Bertz CT molecular complexity index is 642. The van der Waals surface area contributed by atoms with Crippen LogP contribution >= 0.6 is 0 Å². The second-order valence-electron chi connectivity index (χ2n) is 10.1. The molecule has 2 N–H and O–H groups in total. The smallest absolute Gasteiger partial charge is 0.0991 e. The molecule has 0 spiro atoms. The van der Waals surface area contributed by atoms with Gasteiger partial charge in [0.2, 0.25) is 0 Å². The predicted octanol–water partition coefficient (Wildman–Crippen LogP) is 6.26. The zero-order chi connectivity index (χ0) is 21.3. The van der Waals surface area contributed by atoms with Crippen molar-refractivity contribution >= 4 is 0 Å². The van der Waals surface area contributed by atoms with Crippen molar-refractivity contribution in [1.29, 1.82) is 5.26 Å². The summed E-state index contributed by atoms with van der Waals surface area (Å²) in [4.78, 5) is 2.77. The van der Waals surface area contributed by atoms with Crippen LogP contribution in [0.15, 0.2) is 24.3 Å². The van der Waals surface area contributed by atoms with Crippen LogP contribution in [0.2, 0.25) is 0 Å². The van der Waals surface area contributed by atoms with E-state index in [-0.39, 0.29) is 0 Å². The summed E-state index contributed by atoms with van der Waals surface area (Å²) in [5, 5.41) is 9.09. The van der Waals surface area contributed by atoms with Crippen LogP contribution in [0.5, 0.6) is 0 Å². The molecule has 0 heterocycles.